The van der Waals surface area contributed by atoms with Crippen LogP contribution in [0.3, 0.4) is 0 Å². The van der Waals surface area contributed by atoms with Gasteiger partial charge in [0.15, 0.2) is 0 Å². The van der Waals surface area contributed by atoms with Crippen LogP contribution in [-0.4, -0.2) is 6.30 Å². The lowest BCUT2D eigenvalue weighted by molar-refractivity contribution is -0.120. The SMILES string of the molecule is CC(C)c1ccc(N(c2ccccc2)C(F)(F)F)cc1. The normalized spacial score (nSPS) is 11.7. The highest BCUT2D eigenvalue weighted by Crippen LogP contribution is 2.36. The fourth-order valence-corrected chi connectivity index (χ4v) is 2.03. The van der Waals surface area contributed by atoms with E-state index in [1.165, 1.54) is 24.3 Å². The van der Waals surface area contributed by atoms with Crippen LogP contribution in [0.4, 0.5) is 24.5 Å². The van der Waals surface area contributed by atoms with Gasteiger partial charge in [0.25, 0.3) is 0 Å². The van der Waals surface area contributed by atoms with Crippen LogP contribution in [0.15, 0.2) is 54.6 Å². The number of nitrogens with zero attached hydrogens (tertiary/aromatic N) is 1. The van der Waals surface area contributed by atoms with Gasteiger partial charge in [-0.05, 0) is 35.7 Å². The molecule has 0 amide bonds. The Hall–Kier alpha value is -1.97. The molecule has 1 nitrogen and oxygen atoms in total. The molecule has 2 rings (SSSR count). The van der Waals surface area contributed by atoms with Gasteiger partial charge in [-0.1, -0.05) is 44.2 Å². The first kappa shape index (κ1) is 14.4. The van der Waals surface area contributed by atoms with E-state index < -0.39 is 6.30 Å². The van der Waals surface area contributed by atoms with E-state index >= 15 is 0 Å². The highest BCUT2D eigenvalue weighted by Gasteiger charge is 2.38. The van der Waals surface area contributed by atoms with Crippen molar-refractivity contribution in [3.8, 4) is 0 Å². The van der Waals surface area contributed by atoms with Gasteiger partial charge in [-0.25, -0.2) is 0 Å². The quantitative estimate of drug-likeness (QED) is 0.673. The molecule has 0 saturated carbocycles. The summed E-state index contributed by atoms with van der Waals surface area (Å²) in [6.07, 6.45) is -4.46. The molecule has 0 aromatic heterocycles. The van der Waals surface area contributed by atoms with Crippen LogP contribution in [0.2, 0.25) is 0 Å². The molecule has 0 heterocycles. The molecule has 0 aliphatic rings. The number of benzene rings is 2. The van der Waals surface area contributed by atoms with Crippen LogP contribution < -0.4 is 4.90 Å². The maximum absolute atomic E-state index is 13.3. The monoisotopic (exact) mass is 279 g/mol. The van der Waals surface area contributed by atoms with Crippen molar-refractivity contribution in [2.45, 2.75) is 26.1 Å². The molecule has 106 valence electrons. The lowest BCUT2D eigenvalue weighted by Crippen LogP contribution is -2.33. The molecular formula is C16H16F3N. The van der Waals surface area contributed by atoms with Crippen LogP contribution in [0, 0.1) is 0 Å². The zero-order chi connectivity index (χ0) is 14.8. The molecule has 0 aliphatic carbocycles. The molecule has 0 aliphatic heterocycles. The molecule has 0 saturated heterocycles. The average molecular weight is 279 g/mol. The van der Waals surface area contributed by atoms with Crippen LogP contribution in [0.25, 0.3) is 0 Å². The average Bonchev–Trinajstić information content (AvgIpc) is 2.39. The third-order valence-corrected chi connectivity index (χ3v) is 3.09. The lowest BCUT2D eigenvalue weighted by Gasteiger charge is -2.27. The van der Waals surface area contributed by atoms with Crippen molar-refractivity contribution in [3.05, 3.63) is 60.2 Å². The Labute approximate surface area is 116 Å². The van der Waals surface area contributed by atoms with E-state index in [4.69, 9.17) is 0 Å². The first-order valence-corrected chi connectivity index (χ1v) is 6.41. The summed E-state index contributed by atoms with van der Waals surface area (Å²) in [4.78, 5) is 0.386. The van der Waals surface area contributed by atoms with Gasteiger partial charge < -0.3 is 0 Å². The predicted octanol–water partition coefficient (Wildman–Crippen LogP) is 5.47. The van der Waals surface area contributed by atoms with Crippen molar-refractivity contribution in [1.82, 2.24) is 0 Å². The van der Waals surface area contributed by atoms with Crippen LogP contribution in [0.1, 0.15) is 25.3 Å². The Morgan fingerprint density at radius 1 is 0.800 bits per heavy atom. The topological polar surface area (TPSA) is 3.24 Å². The summed E-state index contributed by atoms with van der Waals surface area (Å²) < 4.78 is 39.8. The van der Waals surface area contributed by atoms with E-state index in [2.05, 4.69) is 0 Å². The van der Waals surface area contributed by atoms with Gasteiger partial charge in [0.1, 0.15) is 0 Å². The van der Waals surface area contributed by atoms with Gasteiger partial charge in [-0.3, -0.25) is 4.90 Å². The van der Waals surface area contributed by atoms with E-state index in [9.17, 15) is 13.2 Å². The maximum Gasteiger partial charge on any atom is 0.489 e. The van der Waals surface area contributed by atoms with Crippen molar-refractivity contribution in [3.63, 3.8) is 0 Å². The Balaban J connectivity index is 2.43. The second-order valence-corrected chi connectivity index (χ2v) is 4.89. The first-order chi connectivity index (χ1) is 9.39. The van der Waals surface area contributed by atoms with E-state index in [-0.39, 0.29) is 11.4 Å². The maximum atomic E-state index is 13.3. The highest BCUT2D eigenvalue weighted by atomic mass is 19.4. The predicted molar refractivity (Wildman–Crippen MR) is 75.2 cm³/mol. The first-order valence-electron chi connectivity index (χ1n) is 6.41. The molecular weight excluding hydrogens is 263 g/mol. The van der Waals surface area contributed by atoms with Crippen molar-refractivity contribution >= 4 is 11.4 Å². The third-order valence-electron chi connectivity index (χ3n) is 3.09. The van der Waals surface area contributed by atoms with E-state index in [1.54, 1.807) is 30.3 Å². The fourth-order valence-electron chi connectivity index (χ4n) is 2.03. The molecule has 0 N–H and O–H groups in total. The molecule has 2 aromatic carbocycles. The smallest absolute Gasteiger partial charge is 0.253 e. The number of halogens is 3. The second kappa shape index (κ2) is 5.57. The summed E-state index contributed by atoms with van der Waals surface area (Å²) in [6.45, 7) is 4.02. The Kier molecular flexibility index (Phi) is 4.02. The molecule has 0 spiro atoms. The summed E-state index contributed by atoms with van der Waals surface area (Å²) in [5.74, 6) is 0.292. The summed E-state index contributed by atoms with van der Waals surface area (Å²) in [6, 6.07) is 14.3. The number of hydrogen-bond acceptors (Lipinski definition) is 1. The van der Waals surface area contributed by atoms with Crippen LogP contribution in [-0.2, 0) is 0 Å². The van der Waals surface area contributed by atoms with E-state index in [1.807, 2.05) is 13.8 Å². The van der Waals surface area contributed by atoms with Crippen molar-refractivity contribution in [2.75, 3.05) is 4.90 Å². The van der Waals surface area contributed by atoms with Crippen molar-refractivity contribution in [1.29, 1.82) is 0 Å². The van der Waals surface area contributed by atoms with Crippen molar-refractivity contribution < 1.29 is 13.2 Å². The van der Waals surface area contributed by atoms with Crippen LogP contribution >= 0.6 is 0 Å². The van der Waals surface area contributed by atoms with Gasteiger partial charge in [0.2, 0.25) is 0 Å². The summed E-state index contributed by atoms with van der Waals surface area (Å²) in [5.41, 5.74) is 1.24. The second-order valence-electron chi connectivity index (χ2n) is 4.89. The third kappa shape index (κ3) is 3.13. The van der Waals surface area contributed by atoms with Gasteiger partial charge >= 0.3 is 6.30 Å². The molecule has 0 bridgehead atoms. The molecule has 0 fully saturated rings. The van der Waals surface area contributed by atoms with E-state index in [0.29, 0.717) is 10.8 Å². The number of para-hydroxylation sites is 1. The molecule has 4 heteroatoms. The zero-order valence-electron chi connectivity index (χ0n) is 11.4. The fraction of sp³-hybridized carbons (Fsp3) is 0.250. The molecule has 0 radical (unpaired) electrons. The van der Waals surface area contributed by atoms with Crippen molar-refractivity contribution in [2.24, 2.45) is 0 Å². The van der Waals surface area contributed by atoms with Crippen LogP contribution in [0.5, 0.6) is 0 Å². The number of rotatable bonds is 3. The molecule has 2 aromatic rings. The number of anilines is 2. The highest BCUT2D eigenvalue weighted by molar-refractivity contribution is 5.64. The number of hydrogen-bond donors (Lipinski definition) is 0. The lowest BCUT2D eigenvalue weighted by atomic mass is 10.0. The van der Waals surface area contributed by atoms with Gasteiger partial charge in [0.05, 0.1) is 0 Å². The van der Waals surface area contributed by atoms with Gasteiger partial charge in [0, 0.05) is 11.4 Å². The standard InChI is InChI=1S/C16H16F3N/c1-12(2)13-8-10-15(11-9-13)20(16(17,18)19)14-6-4-3-5-7-14/h3-12H,1-2H3. The minimum Gasteiger partial charge on any atom is -0.253 e. The molecule has 0 atom stereocenters. The summed E-state index contributed by atoms with van der Waals surface area (Å²) in [5, 5.41) is 0. The summed E-state index contributed by atoms with van der Waals surface area (Å²) >= 11 is 0. The van der Waals surface area contributed by atoms with Gasteiger partial charge in [-0.2, -0.15) is 0 Å². The minimum absolute atomic E-state index is 0.109. The van der Waals surface area contributed by atoms with E-state index in [0.717, 1.165) is 5.56 Å². The minimum atomic E-state index is -4.46. The zero-order valence-corrected chi connectivity index (χ0v) is 11.4. The molecule has 0 unspecified atom stereocenters. The Bertz CT molecular complexity index is 544. The largest absolute Gasteiger partial charge is 0.489 e. The summed E-state index contributed by atoms with van der Waals surface area (Å²) in [7, 11) is 0. The van der Waals surface area contributed by atoms with Gasteiger partial charge in [-0.15, -0.1) is 13.2 Å². The Morgan fingerprint density at radius 2 is 1.30 bits per heavy atom. The Morgan fingerprint density at radius 3 is 1.75 bits per heavy atom. The number of alkyl halides is 3. The molecule has 20 heavy (non-hydrogen) atoms.